The number of ether oxygens (including phenoxy) is 1. The molecule has 0 aliphatic carbocycles. The largest absolute Gasteiger partial charge is 0.416 e. The monoisotopic (exact) mass is 231 g/mol. The molecule has 0 radical (unpaired) electrons. The van der Waals surface area contributed by atoms with Crippen molar-refractivity contribution in [3.8, 4) is 0 Å². The Hall–Kier alpha value is -1.07. The van der Waals surface area contributed by atoms with Crippen molar-refractivity contribution in [3.63, 3.8) is 0 Å². The van der Waals surface area contributed by atoms with Crippen molar-refractivity contribution in [2.45, 2.75) is 31.9 Å². The summed E-state index contributed by atoms with van der Waals surface area (Å²) in [5, 5.41) is 0. The van der Waals surface area contributed by atoms with Crippen molar-refractivity contribution in [2.24, 2.45) is 5.73 Å². The standard InChI is InChI=1S/C11H12F3NO/c1-6-10(15)9-4-8(11(12,13)14)3-2-7(9)5-16-6/h2-4,6,10H,5,15H2,1H3/t6-,10?/m0/s1. The molecule has 2 atom stereocenters. The summed E-state index contributed by atoms with van der Waals surface area (Å²) in [5.41, 5.74) is 6.42. The maximum atomic E-state index is 12.5. The van der Waals surface area contributed by atoms with Crippen LogP contribution in [-0.4, -0.2) is 6.10 Å². The summed E-state index contributed by atoms with van der Waals surface area (Å²) in [6, 6.07) is 3.12. The summed E-state index contributed by atoms with van der Waals surface area (Å²) in [4.78, 5) is 0. The van der Waals surface area contributed by atoms with Gasteiger partial charge in [-0.2, -0.15) is 13.2 Å². The zero-order chi connectivity index (χ0) is 11.9. The summed E-state index contributed by atoms with van der Waals surface area (Å²) in [5.74, 6) is 0. The molecule has 5 heteroatoms. The van der Waals surface area contributed by atoms with Crippen LogP contribution in [-0.2, 0) is 17.5 Å². The fraction of sp³-hybridized carbons (Fsp3) is 0.455. The van der Waals surface area contributed by atoms with Crippen LogP contribution in [0.2, 0.25) is 0 Å². The molecule has 1 unspecified atom stereocenters. The third-order valence-electron chi connectivity index (χ3n) is 2.84. The highest BCUT2D eigenvalue weighted by Crippen LogP contribution is 2.34. The van der Waals surface area contributed by atoms with Gasteiger partial charge in [0, 0.05) is 0 Å². The molecule has 1 aromatic carbocycles. The van der Waals surface area contributed by atoms with Crippen LogP contribution in [0.1, 0.15) is 29.7 Å². The van der Waals surface area contributed by atoms with Gasteiger partial charge in [-0.1, -0.05) is 6.07 Å². The molecule has 2 N–H and O–H groups in total. The molecule has 0 spiro atoms. The molecule has 16 heavy (non-hydrogen) atoms. The molecule has 0 bridgehead atoms. The van der Waals surface area contributed by atoms with Crippen molar-refractivity contribution < 1.29 is 17.9 Å². The second-order valence-electron chi connectivity index (χ2n) is 3.95. The number of hydrogen-bond acceptors (Lipinski definition) is 2. The van der Waals surface area contributed by atoms with Crippen LogP contribution >= 0.6 is 0 Å². The van der Waals surface area contributed by atoms with Crippen LogP contribution in [0, 0.1) is 0 Å². The van der Waals surface area contributed by atoms with E-state index in [4.69, 9.17) is 10.5 Å². The average Bonchev–Trinajstić information content (AvgIpc) is 2.22. The third-order valence-corrected chi connectivity index (χ3v) is 2.84. The lowest BCUT2D eigenvalue weighted by molar-refractivity contribution is -0.137. The van der Waals surface area contributed by atoms with Crippen LogP contribution in [0.15, 0.2) is 18.2 Å². The van der Waals surface area contributed by atoms with E-state index in [-0.39, 0.29) is 6.10 Å². The van der Waals surface area contributed by atoms with Crippen molar-refractivity contribution in [3.05, 3.63) is 34.9 Å². The molecule has 88 valence electrons. The van der Waals surface area contributed by atoms with Crippen molar-refractivity contribution >= 4 is 0 Å². The second kappa shape index (κ2) is 3.75. The first kappa shape index (κ1) is 11.4. The van der Waals surface area contributed by atoms with Gasteiger partial charge in [0.2, 0.25) is 0 Å². The molecule has 2 nitrogen and oxygen atoms in total. The number of rotatable bonds is 0. The molecule has 1 heterocycles. The van der Waals surface area contributed by atoms with Gasteiger partial charge in [-0.15, -0.1) is 0 Å². The second-order valence-corrected chi connectivity index (χ2v) is 3.95. The number of hydrogen-bond donors (Lipinski definition) is 1. The van der Waals surface area contributed by atoms with E-state index >= 15 is 0 Å². The van der Waals surface area contributed by atoms with Gasteiger partial charge in [-0.3, -0.25) is 0 Å². The van der Waals surface area contributed by atoms with Crippen LogP contribution in [0.25, 0.3) is 0 Å². The van der Waals surface area contributed by atoms with Crippen molar-refractivity contribution in [1.29, 1.82) is 0 Å². The predicted molar refractivity (Wildman–Crippen MR) is 52.6 cm³/mol. The number of benzene rings is 1. The Balaban J connectivity index is 2.45. The van der Waals surface area contributed by atoms with Crippen LogP contribution in [0.5, 0.6) is 0 Å². The Morgan fingerprint density at radius 1 is 1.38 bits per heavy atom. The van der Waals surface area contributed by atoms with Gasteiger partial charge in [-0.05, 0) is 30.2 Å². The van der Waals surface area contributed by atoms with E-state index in [0.717, 1.165) is 17.7 Å². The van der Waals surface area contributed by atoms with Gasteiger partial charge in [0.25, 0.3) is 0 Å². The molecular formula is C11H12F3NO. The third kappa shape index (κ3) is 1.92. The van der Waals surface area contributed by atoms with Gasteiger partial charge in [0.1, 0.15) is 0 Å². The zero-order valence-corrected chi connectivity index (χ0v) is 8.71. The smallest absolute Gasteiger partial charge is 0.372 e. The highest BCUT2D eigenvalue weighted by molar-refractivity contribution is 5.36. The topological polar surface area (TPSA) is 35.2 Å². The zero-order valence-electron chi connectivity index (χ0n) is 8.71. The fourth-order valence-corrected chi connectivity index (χ4v) is 1.79. The first-order valence-corrected chi connectivity index (χ1v) is 4.97. The molecule has 1 aliphatic rings. The minimum atomic E-state index is -4.32. The lowest BCUT2D eigenvalue weighted by Gasteiger charge is -2.29. The highest BCUT2D eigenvalue weighted by atomic mass is 19.4. The van der Waals surface area contributed by atoms with Gasteiger partial charge < -0.3 is 10.5 Å². The summed E-state index contributed by atoms with van der Waals surface area (Å²) in [7, 11) is 0. The first-order chi connectivity index (χ1) is 7.39. The van der Waals surface area contributed by atoms with Gasteiger partial charge >= 0.3 is 6.18 Å². The van der Waals surface area contributed by atoms with E-state index in [1.54, 1.807) is 6.92 Å². The maximum Gasteiger partial charge on any atom is 0.416 e. The van der Waals surface area contributed by atoms with E-state index in [9.17, 15) is 13.2 Å². The Morgan fingerprint density at radius 3 is 2.69 bits per heavy atom. The molecule has 0 saturated carbocycles. The lowest BCUT2D eigenvalue weighted by Crippen LogP contribution is -2.31. The Labute approximate surface area is 91.2 Å². The van der Waals surface area contributed by atoms with Crippen LogP contribution < -0.4 is 5.73 Å². The first-order valence-electron chi connectivity index (χ1n) is 4.97. The Morgan fingerprint density at radius 2 is 2.06 bits per heavy atom. The quantitative estimate of drug-likeness (QED) is 0.744. The number of nitrogens with two attached hydrogens (primary N) is 1. The summed E-state index contributed by atoms with van der Waals surface area (Å²) in [6.45, 7) is 2.08. The Kier molecular flexibility index (Phi) is 2.67. The maximum absolute atomic E-state index is 12.5. The summed E-state index contributed by atoms with van der Waals surface area (Å²) >= 11 is 0. The highest BCUT2D eigenvalue weighted by Gasteiger charge is 2.33. The molecule has 1 aliphatic heterocycles. The average molecular weight is 231 g/mol. The minimum absolute atomic E-state index is 0.254. The van der Waals surface area contributed by atoms with Gasteiger partial charge in [0.15, 0.2) is 0 Å². The molecule has 0 aromatic heterocycles. The van der Waals surface area contributed by atoms with Crippen molar-refractivity contribution in [1.82, 2.24) is 0 Å². The van der Waals surface area contributed by atoms with E-state index in [0.29, 0.717) is 12.2 Å². The van der Waals surface area contributed by atoms with E-state index in [2.05, 4.69) is 0 Å². The molecule has 0 fully saturated rings. The predicted octanol–water partition coefficient (Wildman–Crippen LogP) is 2.62. The van der Waals surface area contributed by atoms with Crippen LogP contribution in [0.3, 0.4) is 0 Å². The van der Waals surface area contributed by atoms with Crippen molar-refractivity contribution in [2.75, 3.05) is 0 Å². The molecular weight excluding hydrogens is 219 g/mol. The van der Waals surface area contributed by atoms with Gasteiger partial charge in [-0.25, -0.2) is 0 Å². The molecule has 0 amide bonds. The van der Waals surface area contributed by atoms with E-state index in [1.807, 2.05) is 0 Å². The number of halogens is 3. The fourth-order valence-electron chi connectivity index (χ4n) is 1.79. The van der Waals surface area contributed by atoms with Crippen LogP contribution in [0.4, 0.5) is 13.2 Å². The van der Waals surface area contributed by atoms with E-state index < -0.39 is 17.8 Å². The van der Waals surface area contributed by atoms with Gasteiger partial charge in [0.05, 0.1) is 24.3 Å². The normalized spacial score (nSPS) is 25.3. The summed E-state index contributed by atoms with van der Waals surface area (Å²) < 4.78 is 42.9. The Bertz CT molecular complexity index is 403. The minimum Gasteiger partial charge on any atom is -0.372 e. The molecule has 0 saturated heterocycles. The lowest BCUT2D eigenvalue weighted by atomic mass is 9.93. The molecule has 1 aromatic rings. The molecule has 2 rings (SSSR count). The number of fused-ring (bicyclic) bond motifs is 1. The summed E-state index contributed by atoms with van der Waals surface area (Å²) in [6.07, 6.45) is -4.58. The SMILES string of the molecule is C[C@@H]1OCc2ccc(C(F)(F)F)cc2C1N. The number of alkyl halides is 3. The van der Waals surface area contributed by atoms with E-state index in [1.165, 1.54) is 6.07 Å².